The SMILES string of the molecule is C#CCCCCCNC(=O)c1cc(Br)cc(N)c1N. The van der Waals surface area contributed by atoms with Gasteiger partial charge in [-0.3, -0.25) is 4.79 Å². The van der Waals surface area contributed by atoms with Crippen molar-refractivity contribution in [1.82, 2.24) is 5.32 Å². The molecule has 0 aliphatic heterocycles. The number of anilines is 2. The van der Waals surface area contributed by atoms with Crippen LogP contribution in [0.25, 0.3) is 0 Å². The number of hydrogen-bond acceptors (Lipinski definition) is 3. The molecule has 102 valence electrons. The number of nitrogens with one attached hydrogen (secondary N) is 1. The minimum absolute atomic E-state index is 0.206. The summed E-state index contributed by atoms with van der Waals surface area (Å²) in [6.07, 6.45) is 8.83. The van der Waals surface area contributed by atoms with Crippen molar-refractivity contribution >= 4 is 33.2 Å². The van der Waals surface area contributed by atoms with Crippen molar-refractivity contribution in [1.29, 1.82) is 0 Å². The number of hydrogen-bond donors (Lipinski definition) is 3. The van der Waals surface area contributed by atoms with Gasteiger partial charge in [-0.15, -0.1) is 12.3 Å². The molecule has 0 aliphatic carbocycles. The number of carbonyl (C=O) groups is 1. The molecule has 1 aromatic rings. The molecule has 0 atom stereocenters. The van der Waals surface area contributed by atoms with Crippen LogP contribution in [0.2, 0.25) is 0 Å². The van der Waals surface area contributed by atoms with Crippen molar-refractivity contribution in [3.05, 3.63) is 22.2 Å². The van der Waals surface area contributed by atoms with E-state index in [9.17, 15) is 4.79 Å². The third-order valence-corrected chi connectivity index (χ3v) is 3.16. The number of halogens is 1. The number of terminal acetylenes is 1. The van der Waals surface area contributed by atoms with Gasteiger partial charge in [-0.05, 0) is 25.0 Å². The lowest BCUT2D eigenvalue weighted by Crippen LogP contribution is -2.25. The summed E-state index contributed by atoms with van der Waals surface area (Å²) in [4.78, 5) is 12.0. The fraction of sp³-hybridized carbons (Fsp3) is 0.357. The monoisotopic (exact) mass is 323 g/mol. The van der Waals surface area contributed by atoms with Crippen molar-refractivity contribution in [2.24, 2.45) is 0 Å². The van der Waals surface area contributed by atoms with Crippen LogP contribution in [0.15, 0.2) is 16.6 Å². The van der Waals surface area contributed by atoms with Crippen LogP contribution in [0.1, 0.15) is 36.0 Å². The number of carbonyl (C=O) groups excluding carboxylic acids is 1. The maximum Gasteiger partial charge on any atom is 0.253 e. The highest BCUT2D eigenvalue weighted by molar-refractivity contribution is 9.10. The molecule has 0 heterocycles. The molecule has 1 amide bonds. The molecule has 0 bridgehead atoms. The molecule has 0 fully saturated rings. The summed E-state index contributed by atoms with van der Waals surface area (Å²) in [5.41, 5.74) is 12.6. The quantitative estimate of drug-likeness (QED) is 0.427. The van der Waals surface area contributed by atoms with Crippen LogP contribution in [-0.4, -0.2) is 12.5 Å². The van der Waals surface area contributed by atoms with Crippen molar-refractivity contribution in [3.8, 4) is 12.3 Å². The minimum Gasteiger partial charge on any atom is -0.397 e. The number of rotatable bonds is 6. The molecule has 1 rings (SSSR count). The van der Waals surface area contributed by atoms with Crippen molar-refractivity contribution < 1.29 is 4.79 Å². The molecule has 1 aromatic carbocycles. The summed E-state index contributed by atoms with van der Waals surface area (Å²) in [5.74, 6) is 2.38. The number of nitrogen functional groups attached to an aromatic ring is 2. The van der Waals surface area contributed by atoms with Gasteiger partial charge in [-0.2, -0.15) is 0 Å². The fourth-order valence-electron chi connectivity index (χ4n) is 1.65. The molecule has 0 unspecified atom stereocenters. The van der Waals surface area contributed by atoms with Crippen molar-refractivity contribution in [2.45, 2.75) is 25.7 Å². The second-order valence-corrected chi connectivity index (χ2v) is 5.14. The van der Waals surface area contributed by atoms with Crippen molar-refractivity contribution in [3.63, 3.8) is 0 Å². The first kappa shape index (κ1) is 15.4. The van der Waals surface area contributed by atoms with Gasteiger partial charge >= 0.3 is 0 Å². The lowest BCUT2D eigenvalue weighted by molar-refractivity contribution is 0.0954. The van der Waals surface area contributed by atoms with Gasteiger partial charge in [0.25, 0.3) is 5.91 Å². The Hall–Kier alpha value is -1.67. The van der Waals surface area contributed by atoms with E-state index in [2.05, 4.69) is 27.2 Å². The molecule has 0 spiro atoms. The molecule has 0 aromatic heterocycles. The molecule has 0 saturated heterocycles. The van der Waals surface area contributed by atoms with E-state index in [0.717, 1.165) is 30.2 Å². The van der Waals surface area contributed by atoms with E-state index in [0.29, 0.717) is 23.5 Å². The summed E-state index contributed by atoms with van der Waals surface area (Å²) in [5, 5.41) is 2.82. The molecule has 19 heavy (non-hydrogen) atoms. The lowest BCUT2D eigenvalue weighted by Gasteiger charge is -2.10. The smallest absolute Gasteiger partial charge is 0.253 e. The van der Waals surface area contributed by atoms with E-state index in [4.69, 9.17) is 17.9 Å². The molecular formula is C14H18BrN3O. The molecule has 5 N–H and O–H groups in total. The second kappa shape index (κ2) is 7.70. The van der Waals surface area contributed by atoms with E-state index in [1.54, 1.807) is 12.1 Å². The largest absolute Gasteiger partial charge is 0.397 e. The standard InChI is InChI=1S/C14H18BrN3O/c1-2-3-4-5-6-7-18-14(19)11-8-10(15)9-12(16)13(11)17/h1,8-9H,3-7,16-17H2,(H,18,19). The number of benzene rings is 1. The van der Waals surface area contributed by atoms with Crippen LogP contribution in [0.3, 0.4) is 0 Å². The number of unbranched alkanes of at least 4 members (excludes halogenated alkanes) is 3. The Morgan fingerprint density at radius 3 is 2.74 bits per heavy atom. The summed E-state index contributed by atoms with van der Waals surface area (Å²) in [6.45, 7) is 0.606. The van der Waals surface area contributed by atoms with Crippen LogP contribution < -0.4 is 16.8 Å². The lowest BCUT2D eigenvalue weighted by atomic mass is 10.1. The zero-order valence-corrected chi connectivity index (χ0v) is 12.3. The van der Waals surface area contributed by atoms with Crippen LogP contribution >= 0.6 is 15.9 Å². The Morgan fingerprint density at radius 2 is 2.05 bits per heavy atom. The average molecular weight is 324 g/mol. The third kappa shape index (κ3) is 4.84. The summed E-state index contributed by atoms with van der Waals surface area (Å²) in [6, 6.07) is 3.34. The first-order chi connectivity index (χ1) is 9.06. The first-order valence-corrected chi connectivity index (χ1v) is 6.91. The van der Waals surface area contributed by atoms with Crippen LogP contribution in [0.5, 0.6) is 0 Å². The Morgan fingerprint density at radius 1 is 1.32 bits per heavy atom. The number of nitrogens with two attached hydrogens (primary N) is 2. The third-order valence-electron chi connectivity index (χ3n) is 2.70. The molecule has 4 nitrogen and oxygen atoms in total. The Labute approximate surface area is 122 Å². The van der Waals surface area contributed by atoms with Crippen LogP contribution in [-0.2, 0) is 0 Å². The molecule has 5 heteroatoms. The Kier molecular flexibility index (Phi) is 6.23. The Bertz CT molecular complexity index is 494. The van der Waals surface area contributed by atoms with E-state index in [1.165, 1.54) is 0 Å². The highest BCUT2D eigenvalue weighted by atomic mass is 79.9. The van der Waals surface area contributed by atoms with Gasteiger partial charge in [-0.25, -0.2) is 0 Å². The van der Waals surface area contributed by atoms with Gasteiger partial charge in [-0.1, -0.05) is 22.4 Å². The molecular weight excluding hydrogens is 306 g/mol. The van der Waals surface area contributed by atoms with Crippen LogP contribution in [0.4, 0.5) is 11.4 Å². The van der Waals surface area contributed by atoms with Gasteiger partial charge in [0.1, 0.15) is 0 Å². The summed E-state index contributed by atoms with van der Waals surface area (Å²) in [7, 11) is 0. The maximum absolute atomic E-state index is 12.0. The van der Waals surface area contributed by atoms with Gasteiger partial charge in [0, 0.05) is 17.4 Å². The predicted octanol–water partition coefficient (Wildman–Crippen LogP) is 2.54. The summed E-state index contributed by atoms with van der Waals surface area (Å²) >= 11 is 3.29. The van der Waals surface area contributed by atoms with Crippen molar-refractivity contribution in [2.75, 3.05) is 18.0 Å². The van der Waals surface area contributed by atoms with Gasteiger partial charge in [0.15, 0.2) is 0 Å². The zero-order chi connectivity index (χ0) is 14.3. The maximum atomic E-state index is 12.0. The number of amides is 1. The van der Waals surface area contributed by atoms with Gasteiger partial charge in [0.2, 0.25) is 0 Å². The average Bonchev–Trinajstić information content (AvgIpc) is 2.37. The first-order valence-electron chi connectivity index (χ1n) is 6.12. The predicted molar refractivity (Wildman–Crippen MR) is 82.6 cm³/mol. The van der Waals surface area contributed by atoms with E-state index < -0.39 is 0 Å². The van der Waals surface area contributed by atoms with E-state index in [-0.39, 0.29) is 5.91 Å². The molecule has 0 radical (unpaired) electrons. The summed E-state index contributed by atoms with van der Waals surface area (Å²) < 4.78 is 0.735. The van der Waals surface area contributed by atoms with E-state index in [1.807, 2.05) is 0 Å². The minimum atomic E-state index is -0.206. The highest BCUT2D eigenvalue weighted by Gasteiger charge is 2.12. The van der Waals surface area contributed by atoms with Crippen LogP contribution in [0, 0.1) is 12.3 Å². The topological polar surface area (TPSA) is 81.1 Å². The van der Waals surface area contributed by atoms with Gasteiger partial charge < -0.3 is 16.8 Å². The molecule has 0 saturated carbocycles. The molecule has 0 aliphatic rings. The fourth-order valence-corrected chi connectivity index (χ4v) is 2.13. The highest BCUT2D eigenvalue weighted by Crippen LogP contribution is 2.25. The Balaban J connectivity index is 2.48. The van der Waals surface area contributed by atoms with Gasteiger partial charge in [0.05, 0.1) is 16.9 Å². The second-order valence-electron chi connectivity index (χ2n) is 4.23. The van der Waals surface area contributed by atoms with E-state index >= 15 is 0 Å². The normalized spacial score (nSPS) is 9.89. The zero-order valence-electron chi connectivity index (χ0n) is 10.7.